The van der Waals surface area contributed by atoms with E-state index in [1.807, 2.05) is 13.8 Å². The lowest BCUT2D eigenvalue weighted by molar-refractivity contribution is -0.142. The SMILES string of the molecule is CC(C)C[C@H](N)C(=O)N[C@@H](Cc1ccc(O)cc1)C(=O)N[C@@H](CC(=O)O)C(=O)N[C@H](C(=O)N[C@@H](C)C(=O)NCC(=O)N[C@@H](CO)C(=O)N[C@@H](CC(=O)O)C(=O)N[C@@H](CCCCN)C(=O)N[C@H](C=O)Cc1ccc(O)cc1)C(C)C. The number of unbranched alkanes of at least 4 members (excludes halogenated alkanes) is 1. The summed E-state index contributed by atoms with van der Waals surface area (Å²) in [4.78, 5) is 156. The van der Waals surface area contributed by atoms with Gasteiger partial charge in [0.15, 0.2) is 0 Å². The molecule has 9 atom stereocenters. The van der Waals surface area contributed by atoms with Crippen molar-refractivity contribution >= 4 is 71.4 Å². The van der Waals surface area contributed by atoms with Gasteiger partial charge in [-0.25, -0.2) is 0 Å². The maximum atomic E-state index is 13.7. The van der Waals surface area contributed by atoms with E-state index < -0.39 is 151 Å². The molecule has 0 radical (unpaired) electrons. The molecule has 0 unspecified atom stereocenters. The molecule has 28 heteroatoms. The van der Waals surface area contributed by atoms with Gasteiger partial charge >= 0.3 is 11.9 Å². The molecule has 2 aromatic carbocycles. The molecule has 0 saturated heterocycles. The zero-order valence-electron chi connectivity index (χ0n) is 44.6. The molecule has 0 spiro atoms. The van der Waals surface area contributed by atoms with Gasteiger partial charge in [0, 0.05) is 6.42 Å². The van der Waals surface area contributed by atoms with Crippen LogP contribution in [0.5, 0.6) is 11.5 Å². The Bertz CT molecular complexity index is 2420. The van der Waals surface area contributed by atoms with Crippen LogP contribution < -0.4 is 59.3 Å². The van der Waals surface area contributed by atoms with Gasteiger partial charge in [-0.1, -0.05) is 52.0 Å². The first-order valence-electron chi connectivity index (χ1n) is 25.4. The third-order valence-electron chi connectivity index (χ3n) is 11.8. The van der Waals surface area contributed by atoms with E-state index in [0.717, 1.165) is 0 Å². The van der Waals surface area contributed by atoms with Crippen LogP contribution in [0.25, 0.3) is 0 Å². The fourth-order valence-electron chi connectivity index (χ4n) is 7.54. The molecule has 79 heavy (non-hydrogen) atoms. The summed E-state index contributed by atoms with van der Waals surface area (Å²) in [5.41, 5.74) is 12.7. The molecule has 18 N–H and O–H groups in total. The zero-order chi connectivity index (χ0) is 59.5. The number of nitrogens with one attached hydrogen (secondary N) is 9. The molecular formula is C51H75N11O17. The van der Waals surface area contributed by atoms with E-state index >= 15 is 0 Å². The number of rotatable bonds is 35. The lowest BCUT2D eigenvalue weighted by atomic mass is 10.0. The number of phenols is 2. The molecule has 436 valence electrons. The standard InChI is InChI=1S/C51H75N11O17/c1-26(2)18-34(53)45(73)59-36(20-30-11-15-33(66)16-12-30)47(75)60-38(22-42(70)71)49(77)62-43(27(3)4)51(79)55-28(5)44(72)54-23-40(67)57-39(25-64)50(78)61-37(21-41(68)69)48(76)58-35(8-6-7-17-52)46(74)56-31(24-63)19-29-9-13-32(65)14-10-29/h9-16,24,26-28,31,34-39,43,64-66H,6-8,17-23,25,52-53H2,1-5H3,(H,54,72)(H,55,79)(H,56,74)(H,57,67)(H,58,76)(H,59,73)(H,60,75)(H,61,78)(H,62,77)(H,68,69)(H,70,71)/t28-,31-,34-,35-,36-,37-,38-,39-,43-/m0/s1. The first-order valence-corrected chi connectivity index (χ1v) is 25.4. The van der Waals surface area contributed by atoms with Gasteiger partial charge in [-0.2, -0.15) is 0 Å². The number of carboxylic acids is 2. The Labute approximate surface area is 455 Å². The first kappa shape index (κ1) is 66.9. The number of nitrogens with two attached hydrogens (primary N) is 2. The highest BCUT2D eigenvalue weighted by Crippen LogP contribution is 2.14. The number of benzene rings is 2. The smallest absolute Gasteiger partial charge is 0.305 e. The number of aromatic hydroxyl groups is 2. The van der Waals surface area contributed by atoms with Gasteiger partial charge in [-0.05, 0) is 92.8 Å². The van der Waals surface area contributed by atoms with E-state index in [0.29, 0.717) is 30.3 Å². The fourth-order valence-corrected chi connectivity index (χ4v) is 7.54. The number of carbonyl (C=O) groups is 12. The Balaban J connectivity index is 2.12. The van der Waals surface area contributed by atoms with E-state index in [4.69, 9.17) is 11.5 Å². The molecule has 0 aromatic heterocycles. The summed E-state index contributed by atoms with van der Waals surface area (Å²) in [6, 6.07) is -1.75. The third kappa shape index (κ3) is 24.7. The van der Waals surface area contributed by atoms with Gasteiger partial charge in [-0.15, -0.1) is 0 Å². The number of hydrogen-bond donors (Lipinski definition) is 16. The maximum absolute atomic E-state index is 13.7. The molecule has 0 aliphatic heterocycles. The van der Waals surface area contributed by atoms with Crippen molar-refractivity contribution in [3.8, 4) is 11.5 Å². The van der Waals surface area contributed by atoms with E-state index in [-0.39, 0.29) is 49.6 Å². The summed E-state index contributed by atoms with van der Waals surface area (Å²) in [6.07, 6.45) is -0.734. The van der Waals surface area contributed by atoms with Crippen LogP contribution in [0.3, 0.4) is 0 Å². The lowest BCUT2D eigenvalue weighted by Gasteiger charge is -2.27. The number of hydrogen-bond acceptors (Lipinski definition) is 17. The minimum atomic E-state index is -1.88. The Hall–Kier alpha value is -8.24. The summed E-state index contributed by atoms with van der Waals surface area (Å²) in [5.74, 6) is -13.0. The van der Waals surface area contributed by atoms with Crippen molar-refractivity contribution in [1.82, 2.24) is 47.9 Å². The topological polar surface area (TPSA) is 466 Å². The highest BCUT2D eigenvalue weighted by atomic mass is 16.4. The number of aliphatic hydroxyl groups is 1. The van der Waals surface area contributed by atoms with E-state index in [2.05, 4.69) is 47.9 Å². The predicted octanol–water partition coefficient (Wildman–Crippen LogP) is -3.80. The molecule has 0 aliphatic carbocycles. The number of phenolic OH excluding ortho intramolecular Hbond substituents is 2. The molecule has 0 aliphatic rings. The number of amides is 9. The highest BCUT2D eigenvalue weighted by Gasteiger charge is 2.35. The van der Waals surface area contributed by atoms with Gasteiger partial charge in [0.1, 0.15) is 60.1 Å². The van der Waals surface area contributed by atoms with Crippen LogP contribution in [0.15, 0.2) is 48.5 Å². The second kappa shape index (κ2) is 33.8. The van der Waals surface area contributed by atoms with Gasteiger partial charge in [0.25, 0.3) is 0 Å². The fraction of sp³-hybridized carbons (Fsp3) is 0.529. The van der Waals surface area contributed by atoms with E-state index in [1.165, 1.54) is 69.3 Å². The zero-order valence-corrected chi connectivity index (χ0v) is 44.6. The Morgan fingerprint density at radius 2 is 1.01 bits per heavy atom. The highest BCUT2D eigenvalue weighted by molar-refractivity contribution is 5.99. The number of carbonyl (C=O) groups excluding carboxylic acids is 10. The summed E-state index contributed by atoms with van der Waals surface area (Å²) >= 11 is 0. The largest absolute Gasteiger partial charge is 0.508 e. The lowest BCUT2D eigenvalue weighted by Crippen LogP contribution is -2.60. The van der Waals surface area contributed by atoms with Crippen molar-refractivity contribution in [1.29, 1.82) is 0 Å². The van der Waals surface area contributed by atoms with Crippen molar-refractivity contribution < 1.29 is 83.1 Å². The predicted molar refractivity (Wildman–Crippen MR) is 281 cm³/mol. The van der Waals surface area contributed by atoms with Gasteiger partial charge in [0.05, 0.1) is 38.1 Å². The van der Waals surface area contributed by atoms with Crippen LogP contribution in [0.4, 0.5) is 0 Å². The summed E-state index contributed by atoms with van der Waals surface area (Å²) in [7, 11) is 0. The average Bonchev–Trinajstić information content (AvgIpc) is 3.38. The normalized spacial score (nSPS) is 14.5. The van der Waals surface area contributed by atoms with Crippen molar-refractivity contribution in [2.24, 2.45) is 23.3 Å². The average molecular weight is 1110 g/mol. The number of carboxylic acid groups (broad SMARTS) is 2. The van der Waals surface area contributed by atoms with Gasteiger partial charge in [-0.3, -0.25) is 52.7 Å². The van der Waals surface area contributed by atoms with Gasteiger partial charge in [0.2, 0.25) is 53.2 Å². The van der Waals surface area contributed by atoms with Crippen LogP contribution in [-0.4, -0.2) is 171 Å². The minimum Gasteiger partial charge on any atom is -0.508 e. The van der Waals surface area contributed by atoms with Crippen LogP contribution in [0.2, 0.25) is 0 Å². The van der Waals surface area contributed by atoms with Crippen molar-refractivity contribution in [2.75, 3.05) is 19.7 Å². The van der Waals surface area contributed by atoms with E-state index in [9.17, 15) is 83.1 Å². The maximum Gasteiger partial charge on any atom is 0.305 e. The third-order valence-corrected chi connectivity index (χ3v) is 11.8. The van der Waals surface area contributed by atoms with Crippen LogP contribution in [0.1, 0.15) is 84.3 Å². The first-order chi connectivity index (χ1) is 37.2. The van der Waals surface area contributed by atoms with Crippen LogP contribution >= 0.6 is 0 Å². The molecule has 0 heterocycles. The molecule has 9 amide bonds. The Kier molecular flexibility index (Phi) is 28.6. The minimum absolute atomic E-state index is 0.0114. The quantitative estimate of drug-likeness (QED) is 0.0232. The Morgan fingerprint density at radius 1 is 0.544 bits per heavy atom. The van der Waals surface area contributed by atoms with Crippen LogP contribution in [-0.2, 0) is 70.4 Å². The summed E-state index contributed by atoms with van der Waals surface area (Å²) < 4.78 is 0. The summed E-state index contributed by atoms with van der Waals surface area (Å²) in [5, 5.41) is 69.5. The Morgan fingerprint density at radius 3 is 1.49 bits per heavy atom. The number of aldehydes is 1. The molecule has 28 nitrogen and oxygen atoms in total. The van der Waals surface area contributed by atoms with Crippen molar-refractivity contribution in [3.05, 3.63) is 59.7 Å². The number of aliphatic carboxylic acids is 2. The molecule has 2 rings (SSSR count). The van der Waals surface area contributed by atoms with Crippen molar-refractivity contribution in [2.45, 2.75) is 140 Å². The monoisotopic (exact) mass is 1110 g/mol. The molecule has 0 fully saturated rings. The van der Waals surface area contributed by atoms with Crippen LogP contribution in [0, 0.1) is 11.8 Å². The molecule has 0 saturated carbocycles. The van der Waals surface area contributed by atoms with E-state index in [1.54, 1.807) is 0 Å². The second-order valence-corrected chi connectivity index (χ2v) is 19.4. The molecule has 0 bridgehead atoms. The van der Waals surface area contributed by atoms with Crippen molar-refractivity contribution in [3.63, 3.8) is 0 Å². The molecular weight excluding hydrogens is 1040 g/mol. The van der Waals surface area contributed by atoms with Gasteiger partial charge < -0.3 is 89.6 Å². The second-order valence-electron chi connectivity index (χ2n) is 19.4. The summed E-state index contributed by atoms with van der Waals surface area (Å²) in [6.45, 7) is 6.14. The number of aliphatic hydroxyl groups excluding tert-OH is 1. The molecule has 2 aromatic rings.